The Kier molecular flexibility index (Phi) is 4.71. The monoisotopic (exact) mass is 464 g/mol. The van der Waals surface area contributed by atoms with E-state index in [2.05, 4.69) is 10.4 Å². The number of nitrogens with zero attached hydrogens (tertiary/aromatic N) is 3. The van der Waals surface area contributed by atoms with Crippen molar-refractivity contribution in [2.24, 2.45) is 0 Å². The normalized spacial score (nSPS) is 16.1. The van der Waals surface area contributed by atoms with Crippen molar-refractivity contribution in [1.29, 1.82) is 0 Å². The van der Waals surface area contributed by atoms with Gasteiger partial charge < -0.3 is 5.32 Å². The Hall–Kier alpha value is -3.79. The third-order valence-corrected chi connectivity index (χ3v) is 7.25. The molecule has 3 heterocycles. The minimum absolute atomic E-state index is 0.207. The quantitative estimate of drug-likeness (QED) is 0.591. The van der Waals surface area contributed by atoms with Gasteiger partial charge >= 0.3 is 0 Å². The number of aromatic nitrogens is 2. The van der Waals surface area contributed by atoms with Gasteiger partial charge in [0.15, 0.2) is 9.84 Å². The molecule has 1 N–H and O–H groups in total. The molecule has 0 saturated carbocycles. The molecule has 1 aromatic heterocycles. The molecule has 5 rings (SSSR count). The first-order valence-corrected chi connectivity index (χ1v) is 12.1. The molecule has 10 heteroatoms. The third-order valence-electron chi connectivity index (χ3n) is 5.81. The van der Waals surface area contributed by atoms with E-state index in [-0.39, 0.29) is 28.5 Å². The van der Waals surface area contributed by atoms with Crippen LogP contribution in [0.25, 0.3) is 5.69 Å². The Morgan fingerprint density at radius 3 is 2.33 bits per heavy atom. The summed E-state index contributed by atoms with van der Waals surface area (Å²) in [6.45, 7) is 3.36. The van der Waals surface area contributed by atoms with Gasteiger partial charge in [-0.2, -0.15) is 5.10 Å². The van der Waals surface area contributed by atoms with E-state index in [0.717, 1.165) is 16.0 Å². The van der Waals surface area contributed by atoms with Gasteiger partial charge in [0, 0.05) is 5.56 Å². The summed E-state index contributed by atoms with van der Waals surface area (Å²) in [5.74, 6) is -1.91. The number of carbonyl (C=O) groups excluding carboxylic acids is 3. The summed E-state index contributed by atoms with van der Waals surface area (Å²) < 4.78 is 25.9. The maximum atomic E-state index is 12.9. The summed E-state index contributed by atoms with van der Waals surface area (Å²) in [5, 5.41) is 7.18. The van der Waals surface area contributed by atoms with Crippen LogP contribution < -0.4 is 5.32 Å². The largest absolute Gasteiger partial charge is 0.309 e. The van der Waals surface area contributed by atoms with Crippen molar-refractivity contribution in [3.8, 4) is 5.69 Å². The van der Waals surface area contributed by atoms with Crippen LogP contribution in [0.4, 0.5) is 5.82 Å². The highest BCUT2D eigenvalue weighted by Crippen LogP contribution is 2.34. The molecule has 0 atom stereocenters. The smallest absolute Gasteiger partial charge is 0.262 e. The molecule has 2 aromatic carbocycles. The minimum atomic E-state index is -3.36. The fourth-order valence-electron chi connectivity index (χ4n) is 4.29. The first kappa shape index (κ1) is 21.1. The van der Waals surface area contributed by atoms with Crippen LogP contribution in [0.3, 0.4) is 0 Å². The summed E-state index contributed by atoms with van der Waals surface area (Å²) in [7, 11) is -3.36. The van der Waals surface area contributed by atoms with Crippen LogP contribution in [0.1, 0.15) is 43.1 Å². The van der Waals surface area contributed by atoms with Gasteiger partial charge in [0.1, 0.15) is 12.4 Å². The third kappa shape index (κ3) is 3.52. The van der Waals surface area contributed by atoms with E-state index >= 15 is 0 Å². The number of anilines is 1. The average Bonchev–Trinajstić information content (AvgIpc) is 3.31. The lowest BCUT2D eigenvalue weighted by Crippen LogP contribution is -2.37. The summed E-state index contributed by atoms with van der Waals surface area (Å²) in [5.41, 5.74) is 3.95. The first-order valence-electron chi connectivity index (χ1n) is 10.3. The molecular weight excluding hydrogens is 444 g/mol. The molecule has 0 radical (unpaired) electrons. The van der Waals surface area contributed by atoms with Crippen LogP contribution in [0, 0.1) is 13.8 Å². The standard InChI is InChI=1S/C23H20N4O5S/c1-13-7-8-19(14(2)9-13)27-21(17-11-33(31,32)12-18(17)25-27)24-20(28)10-26-22(29)15-5-3-4-6-16(15)23(26)30/h3-9H,10-12H2,1-2H3,(H,24,28). The lowest BCUT2D eigenvalue weighted by atomic mass is 10.1. The maximum absolute atomic E-state index is 12.9. The molecule has 0 bridgehead atoms. The lowest BCUT2D eigenvalue weighted by molar-refractivity contribution is -0.116. The predicted molar refractivity (Wildman–Crippen MR) is 120 cm³/mol. The second-order valence-corrected chi connectivity index (χ2v) is 10.4. The molecule has 168 valence electrons. The lowest BCUT2D eigenvalue weighted by Gasteiger charge is -2.16. The highest BCUT2D eigenvalue weighted by atomic mass is 32.2. The van der Waals surface area contributed by atoms with E-state index in [0.29, 0.717) is 16.9 Å². The molecule has 0 aliphatic carbocycles. The molecule has 33 heavy (non-hydrogen) atoms. The zero-order valence-electron chi connectivity index (χ0n) is 18.0. The van der Waals surface area contributed by atoms with E-state index in [1.807, 2.05) is 32.0 Å². The zero-order chi connectivity index (χ0) is 23.5. The Balaban J connectivity index is 1.48. The number of sulfone groups is 1. The average molecular weight is 465 g/mol. The van der Waals surface area contributed by atoms with Crippen molar-refractivity contribution >= 4 is 33.4 Å². The van der Waals surface area contributed by atoms with Crippen molar-refractivity contribution in [2.75, 3.05) is 11.9 Å². The number of fused-ring (bicyclic) bond motifs is 2. The zero-order valence-corrected chi connectivity index (χ0v) is 18.8. The fourth-order valence-corrected chi connectivity index (χ4v) is 5.78. The van der Waals surface area contributed by atoms with E-state index in [1.54, 1.807) is 24.3 Å². The van der Waals surface area contributed by atoms with Gasteiger partial charge in [0.05, 0.1) is 34.0 Å². The van der Waals surface area contributed by atoms with Gasteiger partial charge in [-0.15, -0.1) is 0 Å². The van der Waals surface area contributed by atoms with E-state index in [9.17, 15) is 22.8 Å². The van der Waals surface area contributed by atoms with Crippen molar-refractivity contribution in [1.82, 2.24) is 14.7 Å². The number of rotatable bonds is 4. The Morgan fingerprint density at radius 1 is 1.03 bits per heavy atom. The minimum Gasteiger partial charge on any atom is -0.309 e. The van der Waals surface area contributed by atoms with E-state index < -0.39 is 34.1 Å². The van der Waals surface area contributed by atoms with Gasteiger partial charge in [-0.3, -0.25) is 19.3 Å². The van der Waals surface area contributed by atoms with Gasteiger partial charge in [-0.25, -0.2) is 13.1 Å². The van der Waals surface area contributed by atoms with Gasteiger partial charge in [0.25, 0.3) is 11.8 Å². The van der Waals surface area contributed by atoms with Gasteiger partial charge in [0.2, 0.25) is 5.91 Å². The summed E-state index contributed by atoms with van der Waals surface area (Å²) in [6, 6.07) is 12.1. The van der Waals surface area contributed by atoms with Crippen molar-refractivity contribution in [3.05, 3.63) is 76.0 Å². The van der Waals surface area contributed by atoms with Crippen LogP contribution in [-0.2, 0) is 26.1 Å². The van der Waals surface area contributed by atoms with Crippen LogP contribution in [-0.4, -0.2) is 47.4 Å². The first-order chi connectivity index (χ1) is 15.6. The Bertz CT molecular complexity index is 1440. The molecule has 0 spiro atoms. The number of carbonyl (C=O) groups is 3. The second kappa shape index (κ2) is 7.38. The second-order valence-electron chi connectivity index (χ2n) is 8.30. The number of hydrogen-bond acceptors (Lipinski definition) is 6. The molecule has 3 amide bonds. The summed E-state index contributed by atoms with van der Waals surface area (Å²) in [6.07, 6.45) is 0. The fraction of sp³-hybridized carbons (Fsp3) is 0.217. The maximum Gasteiger partial charge on any atom is 0.262 e. The SMILES string of the molecule is Cc1ccc(-n2nc3c(c2NC(=O)CN2C(=O)c4ccccc4C2=O)CS(=O)(=O)C3)c(C)c1. The van der Waals surface area contributed by atoms with Crippen LogP contribution in [0.2, 0.25) is 0 Å². The number of imide groups is 1. The predicted octanol–water partition coefficient (Wildman–Crippen LogP) is 2.15. The number of benzene rings is 2. The van der Waals surface area contributed by atoms with Crippen molar-refractivity contribution < 1.29 is 22.8 Å². The van der Waals surface area contributed by atoms with Crippen LogP contribution >= 0.6 is 0 Å². The van der Waals surface area contributed by atoms with E-state index in [1.165, 1.54) is 4.68 Å². The highest BCUT2D eigenvalue weighted by Gasteiger charge is 2.37. The number of nitrogens with one attached hydrogen (secondary N) is 1. The summed E-state index contributed by atoms with van der Waals surface area (Å²) in [4.78, 5) is 39.0. The van der Waals surface area contributed by atoms with Crippen molar-refractivity contribution in [2.45, 2.75) is 25.4 Å². The van der Waals surface area contributed by atoms with Gasteiger partial charge in [-0.1, -0.05) is 29.8 Å². The molecule has 9 nitrogen and oxygen atoms in total. The molecule has 3 aromatic rings. The molecular formula is C23H20N4O5S. The Morgan fingerprint density at radius 2 is 1.70 bits per heavy atom. The summed E-state index contributed by atoms with van der Waals surface area (Å²) >= 11 is 0. The van der Waals surface area contributed by atoms with Gasteiger partial charge in [-0.05, 0) is 37.6 Å². The Labute approximate surface area is 189 Å². The highest BCUT2D eigenvalue weighted by molar-refractivity contribution is 7.90. The number of aryl methyl sites for hydroxylation is 2. The molecule has 2 aliphatic rings. The van der Waals surface area contributed by atoms with Crippen LogP contribution in [0.15, 0.2) is 42.5 Å². The van der Waals surface area contributed by atoms with Crippen molar-refractivity contribution in [3.63, 3.8) is 0 Å². The molecule has 0 fully saturated rings. The molecule has 0 unspecified atom stereocenters. The molecule has 2 aliphatic heterocycles. The number of hydrogen-bond donors (Lipinski definition) is 1. The molecule has 0 saturated heterocycles. The topological polar surface area (TPSA) is 118 Å². The van der Waals surface area contributed by atoms with Crippen LogP contribution in [0.5, 0.6) is 0 Å². The van der Waals surface area contributed by atoms with E-state index in [4.69, 9.17) is 0 Å². The number of amides is 3.